The van der Waals surface area contributed by atoms with Gasteiger partial charge >= 0.3 is 0 Å². The van der Waals surface area contributed by atoms with Crippen molar-refractivity contribution in [1.82, 2.24) is 9.55 Å². The van der Waals surface area contributed by atoms with Crippen molar-refractivity contribution in [1.29, 1.82) is 0 Å². The number of rotatable bonds is 4. The van der Waals surface area contributed by atoms with Crippen LogP contribution in [-0.4, -0.2) is 22.6 Å². The van der Waals surface area contributed by atoms with E-state index in [0.29, 0.717) is 11.4 Å². The summed E-state index contributed by atoms with van der Waals surface area (Å²) in [5.74, 6) is 1.42. The normalized spacial score (nSPS) is 14.1. The minimum Gasteiger partial charge on any atom is -0.356 e. The van der Waals surface area contributed by atoms with E-state index in [1.165, 1.54) is 6.42 Å². The van der Waals surface area contributed by atoms with Gasteiger partial charge in [-0.25, -0.2) is 4.98 Å². The Hall–Kier alpha value is -3.14. The first kappa shape index (κ1) is 17.3. The van der Waals surface area contributed by atoms with Crippen LogP contribution in [0.25, 0.3) is 23.2 Å². The zero-order valence-electron chi connectivity index (χ0n) is 15.3. The SMILES string of the molecule is C=Cc1c(N2CCCCC2)nc(-c2ccccc2)n(-c2ccccc2)c1=O. The highest BCUT2D eigenvalue weighted by Crippen LogP contribution is 2.27. The number of nitrogens with zero attached hydrogens (tertiary/aromatic N) is 3. The van der Waals surface area contributed by atoms with E-state index in [1.807, 2.05) is 60.7 Å². The van der Waals surface area contributed by atoms with Crippen LogP contribution in [-0.2, 0) is 0 Å². The Morgan fingerprint density at radius 2 is 1.52 bits per heavy atom. The van der Waals surface area contributed by atoms with Gasteiger partial charge in [-0.2, -0.15) is 0 Å². The first-order valence-corrected chi connectivity index (χ1v) is 9.45. The molecular weight excluding hydrogens is 334 g/mol. The Morgan fingerprint density at radius 1 is 0.889 bits per heavy atom. The van der Waals surface area contributed by atoms with Gasteiger partial charge in [0.05, 0.1) is 11.3 Å². The van der Waals surface area contributed by atoms with Gasteiger partial charge in [-0.15, -0.1) is 0 Å². The lowest BCUT2D eigenvalue weighted by Crippen LogP contribution is -2.34. The topological polar surface area (TPSA) is 38.1 Å². The quantitative estimate of drug-likeness (QED) is 0.688. The van der Waals surface area contributed by atoms with Crippen LogP contribution < -0.4 is 10.5 Å². The van der Waals surface area contributed by atoms with Crippen LogP contribution in [0.2, 0.25) is 0 Å². The van der Waals surface area contributed by atoms with Crippen LogP contribution in [0.4, 0.5) is 5.82 Å². The van der Waals surface area contributed by atoms with Gasteiger partial charge in [0.1, 0.15) is 11.6 Å². The van der Waals surface area contributed by atoms with Crippen LogP contribution in [0.15, 0.2) is 72.0 Å². The molecule has 0 unspecified atom stereocenters. The summed E-state index contributed by atoms with van der Waals surface area (Å²) in [7, 11) is 0. The minimum absolute atomic E-state index is 0.0781. The van der Waals surface area contributed by atoms with Crippen molar-refractivity contribution >= 4 is 11.9 Å². The molecule has 27 heavy (non-hydrogen) atoms. The van der Waals surface area contributed by atoms with Gasteiger partial charge < -0.3 is 4.90 Å². The monoisotopic (exact) mass is 357 g/mol. The average Bonchev–Trinajstić information content (AvgIpc) is 2.75. The van der Waals surface area contributed by atoms with Gasteiger partial charge in [0, 0.05) is 18.7 Å². The largest absolute Gasteiger partial charge is 0.356 e. The summed E-state index contributed by atoms with van der Waals surface area (Å²) in [5, 5.41) is 0. The second-order valence-corrected chi connectivity index (χ2v) is 6.77. The molecule has 0 amide bonds. The minimum atomic E-state index is -0.0781. The van der Waals surface area contributed by atoms with E-state index in [-0.39, 0.29) is 5.56 Å². The molecule has 0 radical (unpaired) electrons. The number of hydrogen-bond donors (Lipinski definition) is 0. The molecule has 3 aromatic rings. The summed E-state index contributed by atoms with van der Waals surface area (Å²) in [6, 6.07) is 19.6. The number of benzene rings is 2. The van der Waals surface area contributed by atoms with E-state index in [9.17, 15) is 4.79 Å². The zero-order chi connectivity index (χ0) is 18.6. The standard InChI is InChI=1S/C23H23N3O/c1-2-20-22(25-16-10-5-11-17-25)24-21(18-12-6-3-7-13-18)26(23(20)27)19-14-8-4-9-15-19/h2-4,6-9,12-15H,1,5,10-11,16-17H2. The Kier molecular flexibility index (Phi) is 4.88. The molecule has 1 aliphatic heterocycles. The molecule has 136 valence electrons. The lowest BCUT2D eigenvalue weighted by Gasteiger charge is -2.30. The maximum absolute atomic E-state index is 13.5. The summed E-state index contributed by atoms with van der Waals surface area (Å²) >= 11 is 0. The predicted molar refractivity (Wildman–Crippen MR) is 111 cm³/mol. The van der Waals surface area contributed by atoms with Crippen LogP contribution >= 0.6 is 0 Å². The van der Waals surface area contributed by atoms with E-state index in [1.54, 1.807) is 10.6 Å². The van der Waals surface area contributed by atoms with E-state index < -0.39 is 0 Å². The second-order valence-electron chi connectivity index (χ2n) is 6.77. The summed E-state index contributed by atoms with van der Waals surface area (Å²) in [4.78, 5) is 20.7. The Labute approximate surface area is 159 Å². The predicted octanol–water partition coefficient (Wildman–Crippen LogP) is 4.53. The van der Waals surface area contributed by atoms with Crippen molar-refractivity contribution in [2.45, 2.75) is 19.3 Å². The molecular formula is C23H23N3O. The van der Waals surface area contributed by atoms with Gasteiger partial charge in [-0.3, -0.25) is 9.36 Å². The molecule has 1 saturated heterocycles. The van der Waals surface area contributed by atoms with Crippen molar-refractivity contribution in [2.75, 3.05) is 18.0 Å². The van der Waals surface area contributed by atoms with Gasteiger partial charge in [-0.1, -0.05) is 61.2 Å². The van der Waals surface area contributed by atoms with Crippen LogP contribution in [0, 0.1) is 0 Å². The number of anilines is 1. The highest BCUT2D eigenvalue weighted by molar-refractivity contribution is 5.68. The molecule has 0 spiro atoms. The van der Waals surface area contributed by atoms with Crippen LogP contribution in [0.5, 0.6) is 0 Å². The van der Waals surface area contributed by atoms with Crippen molar-refractivity contribution in [3.63, 3.8) is 0 Å². The third-order valence-corrected chi connectivity index (χ3v) is 5.00. The molecule has 0 N–H and O–H groups in total. The van der Waals surface area contributed by atoms with E-state index >= 15 is 0 Å². The fourth-order valence-electron chi connectivity index (χ4n) is 3.65. The molecule has 2 heterocycles. The molecule has 4 rings (SSSR count). The molecule has 1 aromatic heterocycles. The third kappa shape index (κ3) is 3.31. The maximum atomic E-state index is 13.5. The van der Waals surface area contributed by atoms with E-state index in [2.05, 4.69) is 11.5 Å². The number of aromatic nitrogens is 2. The van der Waals surface area contributed by atoms with E-state index in [0.717, 1.165) is 43.0 Å². The molecule has 0 atom stereocenters. The highest BCUT2D eigenvalue weighted by Gasteiger charge is 2.22. The molecule has 2 aromatic carbocycles. The Balaban J connectivity index is 2.00. The maximum Gasteiger partial charge on any atom is 0.267 e. The smallest absolute Gasteiger partial charge is 0.267 e. The zero-order valence-corrected chi connectivity index (χ0v) is 15.3. The molecule has 4 heteroatoms. The molecule has 1 fully saturated rings. The highest BCUT2D eigenvalue weighted by atomic mass is 16.1. The Morgan fingerprint density at radius 3 is 2.15 bits per heavy atom. The number of piperidine rings is 1. The Bertz CT molecular complexity index is 987. The molecule has 1 aliphatic rings. The van der Waals surface area contributed by atoms with Crippen molar-refractivity contribution < 1.29 is 0 Å². The average molecular weight is 357 g/mol. The van der Waals surface area contributed by atoms with Crippen LogP contribution in [0.1, 0.15) is 24.8 Å². The summed E-state index contributed by atoms with van der Waals surface area (Å²) in [5.41, 5.74) is 2.22. The molecule has 0 saturated carbocycles. The first-order valence-electron chi connectivity index (χ1n) is 9.45. The van der Waals surface area contributed by atoms with Crippen molar-refractivity contribution in [3.05, 3.63) is 83.2 Å². The lowest BCUT2D eigenvalue weighted by atomic mass is 10.1. The molecule has 0 bridgehead atoms. The summed E-state index contributed by atoms with van der Waals surface area (Å²) in [6.07, 6.45) is 5.13. The first-order chi connectivity index (χ1) is 13.3. The van der Waals surface area contributed by atoms with Crippen LogP contribution in [0.3, 0.4) is 0 Å². The van der Waals surface area contributed by atoms with Gasteiger partial charge in [0.15, 0.2) is 0 Å². The lowest BCUT2D eigenvalue weighted by molar-refractivity contribution is 0.572. The number of hydrogen-bond acceptors (Lipinski definition) is 3. The van der Waals surface area contributed by atoms with Gasteiger partial charge in [-0.05, 0) is 31.4 Å². The van der Waals surface area contributed by atoms with Crippen molar-refractivity contribution in [2.24, 2.45) is 0 Å². The second kappa shape index (κ2) is 7.62. The molecule has 4 nitrogen and oxygen atoms in total. The van der Waals surface area contributed by atoms with Gasteiger partial charge in [0.25, 0.3) is 5.56 Å². The summed E-state index contributed by atoms with van der Waals surface area (Å²) < 4.78 is 1.69. The van der Waals surface area contributed by atoms with Crippen molar-refractivity contribution in [3.8, 4) is 17.1 Å². The number of para-hydroxylation sites is 1. The fourth-order valence-corrected chi connectivity index (χ4v) is 3.65. The summed E-state index contributed by atoms with van der Waals surface area (Å²) in [6.45, 7) is 5.76. The fraction of sp³-hybridized carbons (Fsp3) is 0.217. The molecule has 0 aliphatic carbocycles. The van der Waals surface area contributed by atoms with Gasteiger partial charge in [0.2, 0.25) is 0 Å². The third-order valence-electron chi connectivity index (χ3n) is 5.00. The van der Waals surface area contributed by atoms with E-state index in [4.69, 9.17) is 4.98 Å².